The molecule has 0 saturated carbocycles. The van der Waals surface area contributed by atoms with Crippen LogP contribution in [0.25, 0.3) is 0 Å². The fraction of sp³-hybridized carbons (Fsp3) is 0.240. The quantitative estimate of drug-likeness (QED) is 0.401. The molecule has 1 aliphatic heterocycles. The van der Waals surface area contributed by atoms with Crippen molar-refractivity contribution in [3.8, 4) is 0 Å². The van der Waals surface area contributed by atoms with Crippen LogP contribution in [0.3, 0.4) is 0 Å². The fourth-order valence-corrected chi connectivity index (χ4v) is 6.42. The van der Waals surface area contributed by atoms with E-state index >= 15 is 0 Å². The van der Waals surface area contributed by atoms with Crippen molar-refractivity contribution in [1.82, 2.24) is 4.31 Å². The second-order valence-electron chi connectivity index (χ2n) is 8.06. The van der Waals surface area contributed by atoms with Gasteiger partial charge in [-0.15, -0.1) is 11.8 Å². The molecule has 1 aliphatic rings. The highest BCUT2D eigenvalue weighted by atomic mass is 35.5. The van der Waals surface area contributed by atoms with Crippen molar-refractivity contribution in [3.05, 3.63) is 89.2 Å². The lowest BCUT2D eigenvalue weighted by Gasteiger charge is -2.31. The molecule has 1 atom stereocenters. The van der Waals surface area contributed by atoms with Gasteiger partial charge in [0, 0.05) is 28.8 Å². The molecule has 1 saturated heterocycles. The Morgan fingerprint density at radius 3 is 2.50 bits per heavy atom. The van der Waals surface area contributed by atoms with Crippen LogP contribution in [-0.2, 0) is 20.6 Å². The largest absolute Gasteiger partial charge is 0.325 e. The maximum Gasteiger partial charge on any atom is 0.243 e. The van der Waals surface area contributed by atoms with E-state index in [0.717, 1.165) is 28.3 Å². The molecule has 178 valence electrons. The van der Waals surface area contributed by atoms with Gasteiger partial charge < -0.3 is 5.32 Å². The molecule has 1 heterocycles. The molecular weight excluding hydrogens is 495 g/mol. The molecule has 0 bridgehead atoms. The summed E-state index contributed by atoms with van der Waals surface area (Å²) in [5.41, 5.74) is 1.81. The molecule has 0 radical (unpaired) electrons. The van der Waals surface area contributed by atoms with Crippen molar-refractivity contribution in [1.29, 1.82) is 0 Å². The zero-order valence-corrected chi connectivity index (χ0v) is 20.7. The van der Waals surface area contributed by atoms with E-state index in [0.29, 0.717) is 30.1 Å². The normalized spacial score (nSPS) is 16.8. The van der Waals surface area contributed by atoms with Crippen LogP contribution in [0.4, 0.5) is 10.1 Å². The van der Waals surface area contributed by atoms with Gasteiger partial charge in [-0.2, -0.15) is 4.31 Å². The van der Waals surface area contributed by atoms with E-state index in [-0.39, 0.29) is 17.3 Å². The van der Waals surface area contributed by atoms with Gasteiger partial charge in [0.05, 0.1) is 16.5 Å². The number of hydrogen-bond acceptors (Lipinski definition) is 4. The molecule has 3 aromatic carbocycles. The van der Waals surface area contributed by atoms with Crippen LogP contribution in [0.15, 0.2) is 82.6 Å². The Labute approximate surface area is 208 Å². The summed E-state index contributed by atoms with van der Waals surface area (Å²) in [7, 11) is -3.80. The van der Waals surface area contributed by atoms with Crippen LogP contribution >= 0.6 is 23.4 Å². The third-order valence-electron chi connectivity index (χ3n) is 5.66. The molecule has 34 heavy (non-hydrogen) atoms. The van der Waals surface area contributed by atoms with Crippen molar-refractivity contribution in [3.63, 3.8) is 0 Å². The SMILES string of the molecule is O=C(Nc1ccccc1SCc1ccc(Cl)cc1)[C@H]1CCCN(S(=O)(=O)c2ccc(F)cc2)C1. The number of thioether (sulfide) groups is 1. The molecule has 0 spiro atoms. The van der Waals surface area contributed by atoms with Crippen molar-refractivity contribution < 1.29 is 17.6 Å². The third kappa shape index (κ3) is 5.99. The van der Waals surface area contributed by atoms with E-state index < -0.39 is 21.8 Å². The number of carbonyl (C=O) groups excluding carboxylic acids is 1. The average molecular weight is 519 g/mol. The molecule has 5 nitrogen and oxygen atoms in total. The van der Waals surface area contributed by atoms with Crippen LogP contribution < -0.4 is 5.32 Å². The van der Waals surface area contributed by atoms with Gasteiger partial charge in [0.1, 0.15) is 5.82 Å². The topological polar surface area (TPSA) is 66.5 Å². The number of piperidine rings is 1. The summed E-state index contributed by atoms with van der Waals surface area (Å²) in [5.74, 6) is -0.462. The van der Waals surface area contributed by atoms with Crippen LogP contribution in [-0.4, -0.2) is 31.7 Å². The number of hydrogen-bond donors (Lipinski definition) is 1. The predicted molar refractivity (Wildman–Crippen MR) is 134 cm³/mol. The van der Waals surface area contributed by atoms with E-state index in [1.165, 1.54) is 16.4 Å². The highest BCUT2D eigenvalue weighted by Gasteiger charge is 2.33. The second kappa shape index (κ2) is 10.9. The number of anilines is 1. The van der Waals surface area contributed by atoms with Gasteiger partial charge in [-0.1, -0.05) is 35.9 Å². The van der Waals surface area contributed by atoms with Gasteiger partial charge in [0.15, 0.2) is 0 Å². The summed E-state index contributed by atoms with van der Waals surface area (Å²) >= 11 is 7.56. The first-order valence-electron chi connectivity index (χ1n) is 10.9. The highest BCUT2D eigenvalue weighted by Crippen LogP contribution is 2.31. The number of para-hydroxylation sites is 1. The minimum atomic E-state index is -3.80. The van der Waals surface area contributed by atoms with E-state index in [1.807, 2.05) is 48.5 Å². The molecular formula is C25H24ClFN2O3S2. The smallest absolute Gasteiger partial charge is 0.243 e. The number of amides is 1. The Morgan fingerprint density at radius 1 is 1.06 bits per heavy atom. The minimum absolute atomic E-state index is 0.0268. The second-order valence-corrected chi connectivity index (χ2v) is 11.4. The number of rotatable bonds is 7. The maximum atomic E-state index is 13.2. The fourth-order valence-electron chi connectivity index (χ4n) is 3.80. The highest BCUT2D eigenvalue weighted by molar-refractivity contribution is 7.98. The monoisotopic (exact) mass is 518 g/mol. The molecule has 3 aromatic rings. The van der Waals surface area contributed by atoms with Crippen LogP contribution in [0.2, 0.25) is 5.02 Å². The van der Waals surface area contributed by atoms with Crippen LogP contribution in [0.1, 0.15) is 18.4 Å². The summed E-state index contributed by atoms with van der Waals surface area (Å²) in [6, 6.07) is 19.9. The molecule has 1 fully saturated rings. The van der Waals surface area contributed by atoms with Crippen molar-refractivity contribution in [2.24, 2.45) is 5.92 Å². The van der Waals surface area contributed by atoms with Crippen LogP contribution in [0.5, 0.6) is 0 Å². The Kier molecular flexibility index (Phi) is 7.93. The summed E-state index contributed by atoms with van der Waals surface area (Å²) in [5, 5.41) is 3.68. The first kappa shape index (κ1) is 24.7. The van der Waals surface area contributed by atoms with E-state index in [1.54, 1.807) is 11.8 Å². The summed E-state index contributed by atoms with van der Waals surface area (Å²) in [6.45, 7) is 0.419. The van der Waals surface area contributed by atoms with Gasteiger partial charge >= 0.3 is 0 Å². The van der Waals surface area contributed by atoms with Crippen molar-refractivity contribution >= 4 is 45.0 Å². The predicted octanol–water partition coefficient (Wildman–Crippen LogP) is 5.81. The zero-order valence-electron chi connectivity index (χ0n) is 18.3. The summed E-state index contributed by atoms with van der Waals surface area (Å²) in [6.07, 6.45) is 1.17. The molecule has 0 unspecified atom stereocenters. The van der Waals surface area contributed by atoms with E-state index in [4.69, 9.17) is 11.6 Å². The Bertz CT molecular complexity index is 1250. The standard InChI is InChI=1S/C25H24ClFN2O3S2/c26-20-9-7-18(8-10-20)17-33-24-6-2-1-5-23(24)28-25(30)19-4-3-15-29(16-19)34(31,32)22-13-11-21(27)12-14-22/h1-2,5-14,19H,3-4,15-17H2,(H,28,30)/t19-/m0/s1. The average Bonchev–Trinajstić information content (AvgIpc) is 2.85. The van der Waals surface area contributed by atoms with Gasteiger partial charge in [0.25, 0.3) is 0 Å². The lowest BCUT2D eigenvalue weighted by molar-refractivity contribution is -0.120. The summed E-state index contributed by atoms with van der Waals surface area (Å²) < 4.78 is 40.5. The number of nitrogens with zero attached hydrogens (tertiary/aromatic N) is 1. The van der Waals surface area contributed by atoms with E-state index in [2.05, 4.69) is 5.32 Å². The number of halogens is 2. The van der Waals surface area contributed by atoms with Crippen molar-refractivity contribution in [2.45, 2.75) is 28.4 Å². The van der Waals surface area contributed by atoms with Gasteiger partial charge in [-0.05, 0) is 66.9 Å². The number of carbonyl (C=O) groups is 1. The van der Waals surface area contributed by atoms with Crippen molar-refractivity contribution in [2.75, 3.05) is 18.4 Å². The molecule has 0 aromatic heterocycles. The molecule has 4 rings (SSSR count). The third-order valence-corrected chi connectivity index (χ3v) is 8.93. The first-order chi connectivity index (χ1) is 16.3. The number of benzene rings is 3. The molecule has 1 N–H and O–H groups in total. The summed E-state index contributed by atoms with van der Waals surface area (Å²) in [4.78, 5) is 14.0. The molecule has 1 amide bonds. The zero-order chi connectivity index (χ0) is 24.1. The number of sulfonamides is 1. The minimum Gasteiger partial charge on any atom is -0.325 e. The van der Waals surface area contributed by atoms with Crippen LogP contribution in [0, 0.1) is 11.7 Å². The Hall–Kier alpha value is -2.39. The Balaban J connectivity index is 1.42. The number of nitrogens with one attached hydrogen (secondary N) is 1. The van der Waals surface area contributed by atoms with Gasteiger partial charge in [-0.25, -0.2) is 12.8 Å². The first-order valence-corrected chi connectivity index (χ1v) is 13.7. The van der Waals surface area contributed by atoms with Gasteiger partial charge in [-0.3, -0.25) is 4.79 Å². The maximum absolute atomic E-state index is 13.2. The molecule has 0 aliphatic carbocycles. The lowest BCUT2D eigenvalue weighted by Crippen LogP contribution is -2.43. The molecule has 9 heteroatoms. The van der Waals surface area contributed by atoms with E-state index in [9.17, 15) is 17.6 Å². The van der Waals surface area contributed by atoms with Gasteiger partial charge in [0.2, 0.25) is 15.9 Å². The lowest BCUT2D eigenvalue weighted by atomic mass is 9.99. The Morgan fingerprint density at radius 2 is 1.76 bits per heavy atom.